The summed E-state index contributed by atoms with van der Waals surface area (Å²) in [6, 6.07) is 5.54. The van der Waals surface area contributed by atoms with E-state index in [1.807, 2.05) is 13.8 Å². The summed E-state index contributed by atoms with van der Waals surface area (Å²) in [5, 5.41) is 14.5. The van der Waals surface area contributed by atoms with Gasteiger partial charge in [-0.2, -0.15) is 5.10 Å². The van der Waals surface area contributed by atoms with E-state index in [4.69, 9.17) is 0 Å². The van der Waals surface area contributed by atoms with E-state index in [0.717, 1.165) is 18.6 Å². The first-order chi connectivity index (χ1) is 8.58. The molecule has 1 aromatic rings. The van der Waals surface area contributed by atoms with Gasteiger partial charge in [-0.1, -0.05) is 19.9 Å². The summed E-state index contributed by atoms with van der Waals surface area (Å²) in [4.78, 5) is 21.8. The van der Waals surface area contributed by atoms with Crippen LogP contribution < -0.4 is 5.43 Å². The van der Waals surface area contributed by atoms with Crippen molar-refractivity contribution in [2.24, 2.45) is 5.10 Å². The van der Waals surface area contributed by atoms with E-state index < -0.39 is 10.8 Å². The van der Waals surface area contributed by atoms with Gasteiger partial charge in [-0.15, -0.1) is 0 Å². The number of hydrazone groups is 1. The molecule has 0 unspecified atom stereocenters. The summed E-state index contributed by atoms with van der Waals surface area (Å²) in [7, 11) is 0. The molecule has 0 aliphatic rings. The molecule has 0 aliphatic carbocycles. The number of hydrogen-bond acceptors (Lipinski definition) is 4. The van der Waals surface area contributed by atoms with Gasteiger partial charge in [0.05, 0.1) is 4.92 Å². The van der Waals surface area contributed by atoms with E-state index in [0.29, 0.717) is 0 Å². The maximum Gasteiger partial charge on any atom is 0.271 e. The zero-order chi connectivity index (χ0) is 13.5. The first kappa shape index (κ1) is 13.8. The zero-order valence-corrected chi connectivity index (χ0v) is 10.3. The zero-order valence-electron chi connectivity index (χ0n) is 10.3. The number of amides is 1. The molecule has 0 radical (unpaired) electrons. The van der Waals surface area contributed by atoms with E-state index in [9.17, 15) is 14.9 Å². The molecule has 0 saturated heterocycles. The summed E-state index contributed by atoms with van der Waals surface area (Å²) in [5.74, 6) is -0.446. The highest BCUT2D eigenvalue weighted by Crippen LogP contribution is 2.12. The van der Waals surface area contributed by atoms with Gasteiger partial charge in [0, 0.05) is 23.4 Å². The molecule has 6 nitrogen and oxygen atoms in total. The molecule has 1 aromatic carbocycles. The van der Waals surface area contributed by atoms with E-state index in [-0.39, 0.29) is 11.3 Å². The fraction of sp³-hybridized carbons (Fsp3) is 0.333. The van der Waals surface area contributed by atoms with Crippen LogP contribution in [0, 0.1) is 10.1 Å². The third-order valence-corrected chi connectivity index (χ3v) is 2.45. The lowest BCUT2D eigenvalue weighted by Crippen LogP contribution is -2.19. The number of nitro benzene ring substituents is 1. The van der Waals surface area contributed by atoms with Crippen LogP contribution >= 0.6 is 0 Å². The molecule has 0 aliphatic heterocycles. The van der Waals surface area contributed by atoms with Crippen LogP contribution in [-0.4, -0.2) is 16.5 Å². The molecule has 0 atom stereocenters. The van der Waals surface area contributed by atoms with Crippen molar-refractivity contribution in [2.45, 2.75) is 26.7 Å². The first-order valence-electron chi connectivity index (χ1n) is 5.68. The van der Waals surface area contributed by atoms with Crippen molar-refractivity contribution < 1.29 is 9.72 Å². The predicted molar refractivity (Wildman–Crippen MR) is 68.6 cm³/mol. The van der Waals surface area contributed by atoms with Crippen molar-refractivity contribution in [1.82, 2.24) is 5.43 Å². The fourth-order valence-corrected chi connectivity index (χ4v) is 1.36. The van der Waals surface area contributed by atoms with Crippen LogP contribution in [0.25, 0.3) is 0 Å². The van der Waals surface area contributed by atoms with E-state index in [1.165, 1.54) is 24.3 Å². The van der Waals surface area contributed by atoms with Crippen molar-refractivity contribution in [3.63, 3.8) is 0 Å². The molecule has 6 heteroatoms. The molecule has 0 saturated carbocycles. The van der Waals surface area contributed by atoms with Crippen molar-refractivity contribution in [2.75, 3.05) is 0 Å². The monoisotopic (exact) mass is 249 g/mol. The Morgan fingerprint density at radius 1 is 1.39 bits per heavy atom. The normalized spacial score (nSPS) is 9.67. The van der Waals surface area contributed by atoms with Crippen LogP contribution in [0.5, 0.6) is 0 Å². The molecule has 96 valence electrons. The molecule has 0 heterocycles. The minimum Gasteiger partial charge on any atom is -0.267 e. The van der Waals surface area contributed by atoms with Gasteiger partial charge >= 0.3 is 0 Å². The number of nitrogens with zero attached hydrogens (tertiary/aromatic N) is 2. The van der Waals surface area contributed by atoms with Gasteiger partial charge in [0.2, 0.25) is 0 Å². The molecular formula is C12H15N3O3. The van der Waals surface area contributed by atoms with Crippen molar-refractivity contribution >= 4 is 17.3 Å². The van der Waals surface area contributed by atoms with Crippen LogP contribution in [0.15, 0.2) is 29.4 Å². The molecule has 18 heavy (non-hydrogen) atoms. The van der Waals surface area contributed by atoms with Gasteiger partial charge in [-0.05, 0) is 18.9 Å². The summed E-state index contributed by atoms with van der Waals surface area (Å²) < 4.78 is 0. The lowest BCUT2D eigenvalue weighted by molar-refractivity contribution is -0.384. The van der Waals surface area contributed by atoms with Crippen molar-refractivity contribution in [3.8, 4) is 0 Å². The third-order valence-electron chi connectivity index (χ3n) is 2.45. The van der Waals surface area contributed by atoms with Crippen LogP contribution in [-0.2, 0) is 0 Å². The predicted octanol–water partition coefficient (Wildman–Crippen LogP) is 2.50. The first-order valence-corrected chi connectivity index (χ1v) is 5.68. The Bertz CT molecular complexity index is 477. The van der Waals surface area contributed by atoms with E-state index in [1.54, 1.807) is 0 Å². The summed E-state index contributed by atoms with van der Waals surface area (Å²) in [6.07, 6.45) is 1.51. The third kappa shape index (κ3) is 3.65. The van der Waals surface area contributed by atoms with Crippen molar-refractivity contribution in [1.29, 1.82) is 0 Å². The van der Waals surface area contributed by atoms with Crippen LogP contribution in [0.3, 0.4) is 0 Å². The Balaban J connectivity index is 2.81. The van der Waals surface area contributed by atoms with Gasteiger partial charge in [0.1, 0.15) is 0 Å². The molecule has 1 rings (SSSR count). The van der Waals surface area contributed by atoms with E-state index in [2.05, 4.69) is 10.5 Å². The molecule has 0 aromatic heterocycles. The Kier molecular flexibility index (Phi) is 4.98. The highest BCUT2D eigenvalue weighted by atomic mass is 16.6. The summed E-state index contributed by atoms with van der Waals surface area (Å²) in [5.41, 5.74) is 3.37. The maximum atomic E-state index is 11.7. The number of rotatable bonds is 5. The van der Waals surface area contributed by atoms with Crippen molar-refractivity contribution in [3.05, 3.63) is 39.9 Å². The van der Waals surface area contributed by atoms with Crippen LogP contribution in [0.1, 0.15) is 37.0 Å². The van der Waals surface area contributed by atoms with Gasteiger partial charge in [0.25, 0.3) is 11.6 Å². The number of nitrogens with one attached hydrogen (secondary N) is 1. The lowest BCUT2D eigenvalue weighted by atomic mass is 10.2. The topological polar surface area (TPSA) is 84.6 Å². The minimum atomic E-state index is -0.538. The standard InChI is InChI=1S/C12H15N3O3/c1-3-10(4-2)13-14-12(16)9-6-5-7-11(8-9)15(17)18/h5-8H,3-4H2,1-2H3,(H,14,16). The van der Waals surface area contributed by atoms with Gasteiger partial charge < -0.3 is 0 Å². The molecular weight excluding hydrogens is 234 g/mol. The van der Waals surface area contributed by atoms with Crippen LogP contribution in [0.4, 0.5) is 5.69 Å². The SMILES string of the molecule is CCC(CC)=NNC(=O)c1cccc([N+](=O)[O-])c1. The van der Waals surface area contributed by atoms with Crippen LogP contribution in [0.2, 0.25) is 0 Å². The Hall–Kier alpha value is -2.24. The maximum absolute atomic E-state index is 11.7. The number of non-ortho nitro benzene ring substituents is 1. The average molecular weight is 249 g/mol. The quantitative estimate of drug-likeness (QED) is 0.494. The average Bonchev–Trinajstić information content (AvgIpc) is 2.39. The van der Waals surface area contributed by atoms with Gasteiger partial charge in [-0.25, -0.2) is 5.43 Å². The number of carbonyl (C=O) groups excluding carboxylic acids is 1. The number of hydrogen-bond donors (Lipinski definition) is 1. The minimum absolute atomic E-state index is 0.113. The Morgan fingerprint density at radius 3 is 2.61 bits per heavy atom. The smallest absolute Gasteiger partial charge is 0.267 e. The molecule has 1 N–H and O–H groups in total. The second kappa shape index (κ2) is 6.48. The van der Waals surface area contributed by atoms with Gasteiger partial charge in [-0.3, -0.25) is 14.9 Å². The molecule has 0 spiro atoms. The number of benzene rings is 1. The molecule has 1 amide bonds. The van der Waals surface area contributed by atoms with Gasteiger partial charge in [0.15, 0.2) is 0 Å². The second-order valence-corrected chi connectivity index (χ2v) is 3.63. The fourth-order valence-electron chi connectivity index (χ4n) is 1.36. The number of nitro groups is 1. The second-order valence-electron chi connectivity index (χ2n) is 3.63. The highest BCUT2D eigenvalue weighted by molar-refractivity contribution is 5.95. The van der Waals surface area contributed by atoms with E-state index >= 15 is 0 Å². The molecule has 0 bridgehead atoms. The highest BCUT2D eigenvalue weighted by Gasteiger charge is 2.10. The summed E-state index contributed by atoms with van der Waals surface area (Å²) in [6.45, 7) is 3.89. The lowest BCUT2D eigenvalue weighted by Gasteiger charge is -2.02. The Morgan fingerprint density at radius 2 is 2.06 bits per heavy atom. The number of carbonyl (C=O) groups is 1. The summed E-state index contributed by atoms with van der Waals surface area (Å²) >= 11 is 0. The molecule has 0 fully saturated rings. The Labute approximate surface area is 105 Å². The largest absolute Gasteiger partial charge is 0.271 e.